The lowest BCUT2D eigenvalue weighted by molar-refractivity contribution is 0.151. The average Bonchev–Trinajstić information content (AvgIpc) is 3.42. The number of piperidine rings is 1. The minimum absolute atomic E-state index is 0.178. The Morgan fingerprint density at radius 1 is 0.884 bits per heavy atom. The van der Waals surface area contributed by atoms with Crippen LogP contribution in [0.3, 0.4) is 0 Å². The van der Waals surface area contributed by atoms with E-state index < -0.39 is 0 Å². The minimum atomic E-state index is -0.178. The number of benzene rings is 3. The summed E-state index contributed by atoms with van der Waals surface area (Å²) < 4.78 is 18.3. The average molecular weight is 607 g/mol. The highest BCUT2D eigenvalue weighted by molar-refractivity contribution is 6.32. The van der Waals surface area contributed by atoms with Crippen LogP contribution < -0.4 is 14.2 Å². The molecule has 3 aromatic rings. The second-order valence-electron chi connectivity index (χ2n) is 12.2. The van der Waals surface area contributed by atoms with Gasteiger partial charge in [0.05, 0.1) is 24.8 Å². The normalized spacial score (nSPS) is 19.5. The Balaban J connectivity index is 1.25. The highest BCUT2D eigenvalue weighted by Gasteiger charge is 2.22. The molecule has 0 unspecified atom stereocenters. The fraction of sp³-hybridized carbons (Fsp3) is 0.500. The van der Waals surface area contributed by atoms with E-state index in [1.165, 1.54) is 30.4 Å². The van der Waals surface area contributed by atoms with Crippen molar-refractivity contribution in [1.29, 1.82) is 0 Å². The van der Waals surface area contributed by atoms with Crippen LogP contribution in [0, 0.1) is 13.8 Å². The summed E-state index contributed by atoms with van der Waals surface area (Å²) in [7, 11) is 1.71. The van der Waals surface area contributed by atoms with Crippen LogP contribution in [0.2, 0.25) is 5.02 Å². The molecule has 0 spiro atoms. The fourth-order valence-corrected chi connectivity index (χ4v) is 6.69. The van der Waals surface area contributed by atoms with E-state index in [1.54, 1.807) is 7.11 Å². The van der Waals surface area contributed by atoms with E-state index in [1.807, 2.05) is 18.2 Å². The van der Waals surface area contributed by atoms with Crippen molar-refractivity contribution in [2.24, 2.45) is 0 Å². The molecule has 43 heavy (non-hydrogen) atoms. The van der Waals surface area contributed by atoms with Crippen LogP contribution in [0.5, 0.6) is 17.2 Å². The summed E-state index contributed by atoms with van der Waals surface area (Å²) in [6.45, 7) is 12.3. The molecule has 5 rings (SSSR count). The summed E-state index contributed by atoms with van der Waals surface area (Å²) >= 11 is 6.75. The Kier molecular flexibility index (Phi) is 10.9. The molecule has 0 radical (unpaired) electrons. The highest BCUT2D eigenvalue weighted by atomic mass is 35.5. The van der Waals surface area contributed by atoms with Crippen LogP contribution in [-0.2, 0) is 13.2 Å². The molecule has 7 heteroatoms. The van der Waals surface area contributed by atoms with Crippen molar-refractivity contribution in [3.05, 3.63) is 75.8 Å². The first-order valence-corrected chi connectivity index (χ1v) is 16.2. The van der Waals surface area contributed by atoms with Crippen molar-refractivity contribution < 1.29 is 19.3 Å². The molecule has 2 saturated heterocycles. The van der Waals surface area contributed by atoms with Gasteiger partial charge >= 0.3 is 0 Å². The summed E-state index contributed by atoms with van der Waals surface area (Å²) in [6.07, 6.45) is 5.40. The van der Waals surface area contributed by atoms with Crippen LogP contribution in [0.4, 0.5) is 0 Å². The smallest absolute Gasteiger partial charge is 0.142 e. The van der Waals surface area contributed by atoms with Gasteiger partial charge in [0.1, 0.15) is 23.9 Å². The van der Waals surface area contributed by atoms with E-state index >= 15 is 0 Å². The third kappa shape index (κ3) is 7.85. The lowest BCUT2D eigenvalue weighted by Crippen LogP contribution is -2.36. The SMILES string of the molecule is COc1cc(OCc2cccc(-c3cccc(OCCCN4CC[C@@H](O)C4)c3C)c2C)c(Cl)cc1CN1CCCC[C@H]1C. The first-order chi connectivity index (χ1) is 20.8. The number of likely N-dealkylation sites (tertiary alicyclic amines) is 2. The monoisotopic (exact) mass is 606 g/mol. The van der Waals surface area contributed by atoms with E-state index in [0.29, 0.717) is 30.0 Å². The predicted molar refractivity (Wildman–Crippen MR) is 175 cm³/mol. The quantitative estimate of drug-likeness (QED) is 0.217. The third-order valence-corrected chi connectivity index (χ3v) is 9.47. The maximum absolute atomic E-state index is 9.75. The zero-order valence-corrected chi connectivity index (χ0v) is 27.0. The lowest BCUT2D eigenvalue weighted by atomic mass is 9.93. The molecular weight excluding hydrogens is 560 g/mol. The van der Waals surface area contributed by atoms with Gasteiger partial charge < -0.3 is 24.2 Å². The number of rotatable bonds is 12. The Hall–Kier alpha value is -2.77. The Labute approximate surface area is 262 Å². The summed E-state index contributed by atoms with van der Waals surface area (Å²) in [4.78, 5) is 4.82. The van der Waals surface area contributed by atoms with E-state index in [9.17, 15) is 5.11 Å². The highest BCUT2D eigenvalue weighted by Crippen LogP contribution is 2.37. The van der Waals surface area contributed by atoms with Gasteiger partial charge in [-0.1, -0.05) is 48.4 Å². The van der Waals surface area contributed by atoms with E-state index in [2.05, 4.69) is 60.9 Å². The molecule has 0 amide bonds. The Bertz CT molecular complexity index is 1380. The van der Waals surface area contributed by atoms with Crippen molar-refractivity contribution in [2.75, 3.05) is 39.9 Å². The van der Waals surface area contributed by atoms with Gasteiger partial charge in [-0.3, -0.25) is 4.90 Å². The predicted octanol–water partition coefficient (Wildman–Crippen LogP) is 7.42. The van der Waals surface area contributed by atoms with Gasteiger partial charge in [0.25, 0.3) is 0 Å². The number of ether oxygens (including phenoxy) is 3. The van der Waals surface area contributed by atoms with E-state index in [-0.39, 0.29) is 6.10 Å². The summed E-state index contributed by atoms with van der Waals surface area (Å²) in [6, 6.07) is 17.1. The van der Waals surface area contributed by atoms with Crippen LogP contribution in [0.25, 0.3) is 11.1 Å². The standard InChI is InChI=1S/C36H47ClN2O4/c1-25-10-5-6-17-39(25)22-29-20-33(37)36(21-35(29)41-4)43-24-28-11-7-12-31(26(28)2)32-13-8-14-34(27(32)3)42-19-9-16-38-18-15-30(40)23-38/h7-8,11-14,20-21,25,30,40H,5-6,9-10,15-19,22-24H2,1-4H3/t25-,30-/m1/s1. The number of hydrogen-bond acceptors (Lipinski definition) is 6. The van der Waals surface area contributed by atoms with Gasteiger partial charge in [-0.25, -0.2) is 0 Å². The number of hydrogen-bond donors (Lipinski definition) is 1. The summed E-state index contributed by atoms with van der Waals surface area (Å²) in [5, 5.41) is 10.4. The van der Waals surface area contributed by atoms with Gasteiger partial charge in [-0.2, -0.15) is 0 Å². The molecule has 1 N–H and O–H groups in total. The van der Waals surface area contributed by atoms with Gasteiger partial charge in [0.2, 0.25) is 0 Å². The van der Waals surface area contributed by atoms with Gasteiger partial charge in [-0.05, 0) is 92.9 Å². The largest absolute Gasteiger partial charge is 0.496 e. The maximum atomic E-state index is 9.75. The van der Waals surface area contributed by atoms with E-state index in [0.717, 1.165) is 79.3 Å². The molecule has 2 aliphatic heterocycles. The van der Waals surface area contributed by atoms with Crippen LogP contribution in [0.1, 0.15) is 61.3 Å². The summed E-state index contributed by atoms with van der Waals surface area (Å²) in [5.74, 6) is 2.36. The molecule has 2 heterocycles. The summed E-state index contributed by atoms with van der Waals surface area (Å²) in [5.41, 5.74) is 6.84. The zero-order valence-electron chi connectivity index (χ0n) is 26.2. The fourth-order valence-electron chi connectivity index (χ4n) is 6.45. The molecule has 2 aliphatic rings. The minimum Gasteiger partial charge on any atom is -0.496 e. The second-order valence-corrected chi connectivity index (χ2v) is 12.6. The first-order valence-electron chi connectivity index (χ1n) is 15.8. The molecule has 2 fully saturated rings. The first kappa shape index (κ1) is 31.6. The third-order valence-electron chi connectivity index (χ3n) is 9.18. The Morgan fingerprint density at radius 3 is 2.42 bits per heavy atom. The molecule has 0 bridgehead atoms. The number of β-amino-alcohol motifs (C(OH)–C–C–N with tert-alkyl or cyclic N) is 1. The number of methoxy groups -OCH3 is 1. The van der Waals surface area contributed by atoms with Gasteiger partial charge in [-0.15, -0.1) is 0 Å². The van der Waals surface area contributed by atoms with Crippen molar-refractivity contribution in [1.82, 2.24) is 9.80 Å². The molecule has 232 valence electrons. The zero-order chi connectivity index (χ0) is 30.3. The maximum Gasteiger partial charge on any atom is 0.142 e. The molecule has 0 aromatic heterocycles. The van der Waals surface area contributed by atoms with Crippen LogP contribution in [-0.4, -0.2) is 66.9 Å². The van der Waals surface area contributed by atoms with Crippen molar-refractivity contribution in [3.8, 4) is 28.4 Å². The molecular formula is C36H47ClN2O4. The lowest BCUT2D eigenvalue weighted by Gasteiger charge is -2.33. The molecule has 3 aromatic carbocycles. The number of halogens is 1. The van der Waals surface area contributed by atoms with Crippen molar-refractivity contribution >= 4 is 11.6 Å². The van der Waals surface area contributed by atoms with Gasteiger partial charge in [0, 0.05) is 43.9 Å². The van der Waals surface area contributed by atoms with Crippen LogP contribution in [0.15, 0.2) is 48.5 Å². The van der Waals surface area contributed by atoms with Crippen LogP contribution >= 0.6 is 11.6 Å². The number of aliphatic hydroxyl groups excluding tert-OH is 1. The number of nitrogens with zero attached hydrogens (tertiary/aromatic N) is 2. The second kappa shape index (κ2) is 14.8. The molecule has 2 atom stereocenters. The molecule has 0 saturated carbocycles. The molecule has 6 nitrogen and oxygen atoms in total. The van der Waals surface area contributed by atoms with Gasteiger partial charge in [0.15, 0.2) is 0 Å². The van der Waals surface area contributed by atoms with Crippen molar-refractivity contribution in [3.63, 3.8) is 0 Å². The topological polar surface area (TPSA) is 54.4 Å². The van der Waals surface area contributed by atoms with E-state index in [4.69, 9.17) is 25.8 Å². The number of aliphatic hydroxyl groups is 1. The Morgan fingerprint density at radius 2 is 1.67 bits per heavy atom. The van der Waals surface area contributed by atoms with Crippen molar-refractivity contribution in [2.45, 2.75) is 78.2 Å². The molecule has 0 aliphatic carbocycles.